The fourth-order valence-electron chi connectivity index (χ4n) is 2.16. The molecular formula is C10H8BrN2O2+. The summed E-state index contributed by atoms with van der Waals surface area (Å²) in [6.07, 6.45) is 2.76. The molecule has 0 fully saturated rings. The Bertz CT molecular complexity index is 528. The van der Waals surface area contributed by atoms with E-state index < -0.39 is 11.6 Å². The monoisotopic (exact) mass is 267 g/mol. The zero-order valence-corrected chi connectivity index (χ0v) is 9.35. The van der Waals surface area contributed by atoms with Crippen molar-refractivity contribution in [3.8, 4) is 0 Å². The molecule has 3 N–H and O–H groups in total. The molecule has 0 unspecified atom stereocenters. The van der Waals surface area contributed by atoms with E-state index in [0.29, 0.717) is 10.2 Å². The highest BCUT2D eigenvalue weighted by molar-refractivity contribution is 9.12. The molecular weight excluding hydrogens is 260 g/mol. The van der Waals surface area contributed by atoms with Crippen molar-refractivity contribution in [3.63, 3.8) is 0 Å². The summed E-state index contributed by atoms with van der Waals surface area (Å²) < 4.78 is 0.403. The molecule has 1 aromatic heterocycles. The van der Waals surface area contributed by atoms with Gasteiger partial charge in [0.25, 0.3) is 5.78 Å². The van der Waals surface area contributed by atoms with Gasteiger partial charge in [-0.2, -0.15) is 0 Å². The van der Waals surface area contributed by atoms with E-state index in [1.807, 2.05) is 11.5 Å². The normalized spacial score (nSPS) is 19.5. The van der Waals surface area contributed by atoms with Crippen LogP contribution in [0.4, 0.5) is 0 Å². The Kier molecular flexibility index (Phi) is 1.75. The van der Waals surface area contributed by atoms with Crippen molar-refractivity contribution in [2.24, 2.45) is 0 Å². The third-order valence-electron chi connectivity index (χ3n) is 2.86. The minimum atomic E-state index is -0.455. The molecule has 0 saturated carbocycles. The van der Waals surface area contributed by atoms with E-state index in [1.54, 1.807) is 0 Å². The van der Waals surface area contributed by atoms with Crippen molar-refractivity contribution in [3.05, 3.63) is 27.5 Å². The number of ketones is 2. The van der Waals surface area contributed by atoms with E-state index in [4.69, 9.17) is 0 Å². The highest BCUT2D eigenvalue weighted by Gasteiger charge is 2.38. The number of carbonyl (C=O) groups is 2. The number of rotatable bonds is 0. The first-order chi connectivity index (χ1) is 7.20. The summed E-state index contributed by atoms with van der Waals surface area (Å²) in [6.45, 7) is 0.913. The van der Waals surface area contributed by atoms with E-state index >= 15 is 0 Å². The Morgan fingerprint density at radius 3 is 2.93 bits per heavy atom. The van der Waals surface area contributed by atoms with E-state index in [0.717, 1.165) is 29.8 Å². The number of aromatic amines is 1. The third kappa shape index (κ3) is 1.04. The molecule has 1 aromatic rings. The third-order valence-corrected chi connectivity index (χ3v) is 3.65. The van der Waals surface area contributed by atoms with Crippen LogP contribution in [-0.2, 0) is 11.2 Å². The van der Waals surface area contributed by atoms with Crippen LogP contribution in [0.2, 0.25) is 0 Å². The van der Waals surface area contributed by atoms with E-state index in [-0.39, 0.29) is 0 Å². The maximum atomic E-state index is 11.7. The minimum absolute atomic E-state index is 0.403. The zero-order chi connectivity index (χ0) is 10.6. The highest BCUT2D eigenvalue weighted by Crippen LogP contribution is 2.32. The van der Waals surface area contributed by atoms with Gasteiger partial charge in [-0.1, -0.05) is 0 Å². The summed E-state index contributed by atoms with van der Waals surface area (Å²) >= 11 is 3.21. The van der Waals surface area contributed by atoms with Gasteiger partial charge in [0, 0.05) is 12.6 Å². The maximum Gasteiger partial charge on any atom is 0.251 e. The van der Waals surface area contributed by atoms with Gasteiger partial charge in [-0.3, -0.25) is 9.59 Å². The fraction of sp³-hybridized carbons (Fsp3) is 0.200. The van der Waals surface area contributed by atoms with Crippen LogP contribution in [0.25, 0.3) is 5.70 Å². The van der Waals surface area contributed by atoms with Gasteiger partial charge in [-0.05, 0) is 21.5 Å². The lowest BCUT2D eigenvalue weighted by atomic mass is 9.93. The van der Waals surface area contributed by atoms with Crippen molar-refractivity contribution in [1.82, 2.24) is 4.98 Å². The molecule has 15 heavy (non-hydrogen) atoms. The predicted molar refractivity (Wildman–Crippen MR) is 56.5 cm³/mol. The number of aromatic nitrogens is 1. The number of hydrogen-bond donors (Lipinski definition) is 2. The summed E-state index contributed by atoms with van der Waals surface area (Å²) in [5, 5.41) is 2.01. The van der Waals surface area contributed by atoms with Crippen LogP contribution in [0.5, 0.6) is 0 Å². The van der Waals surface area contributed by atoms with Crippen LogP contribution in [-0.4, -0.2) is 23.1 Å². The summed E-state index contributed by atoms with van der Waals surface area (Å²) in [6, 6.07) is 0. The average Bonchev–Trinajstić information content (AvgIpc) is 2.68. The van der Waals surface area contributed by atoms with Crippen molar-refractivity contribution < 1.29 is 14.9 Å². The first-order valence-electron chi connectivity index (χ1n) is 4.73. The molecule has 0 amide bonds. The number of halogens is 1. The molecule has 5 heteroatoms. The lowest BCUT2D eigenvalue weighted by Gasteiger charge is -2.18. The van der Waals surface area contributed by atoms with Crippen LogP contribution in [0.3, 0.4) is 0 Å². The molecule has 0 atom stereocenters. The molecule has 76 valence electrons. The van der Waals surface area contributed by atoms with E-state index in [2.05, 4.69) is 20.9 Å². The number of quaternary nitrogens is 1. The van der Waals surface area contributed by atoms with E-state index in [1.165, 1.54) is 0 Å². The fourth-order valence-corrected chi connectivity index (χ4v) is 2.70. The van der Waals surface area contributed by atoms with Gasteiger partial charge in [0.05, 0.1) is 12.1 Å². The largest absolute Gasteiger partial charge is 0.357 e. The molecule has 2 heterocycles. The molecule has 0 radical (unpaired) electrons. The number of carbonyl (C=O) groups excluding carboxylic acids is 2. The second-order valence-electron chi connectivity index (χ2n) is 3.69. The van der Waals surface area contributed by atoms with Gasteiger partial charge in [-0.15, -0.1) is 0 Å². The lowest BCUT2D eigenvalue weighted by Crippen LogP contribution is -2.83. The molecule has 0 spiro atoms. The minimum Gasteiger partial charge on any atom is -0.357 e. The first kappa shape index (κ1) is 9.06. The van der Waals surface area contributed by atoms with Gasteiger partial charge in [-0.25, -0.2) is 0 Å². The second-order valence-corrected chi connectivity index (χ2v) is 4.49. The SMILES string of the molecule is O=C1C(=O)c2[nH]cc3c2C(=C1Br)[NH2+]CC3. The first-order valence-corrected chi connectivity index (χ1v) is 5.52. The number of hydrogen-bond acceptors (Lipinski definition) is 2. The molecule has 0 saturated heterocycles. The zero-order valence-electron chi connectivity index (χ0n) is 7.76. The van der Waals surface area contributed by atoms with Gasteiger partial charge in [0.1, 0.15) is 10.2 Å². The van der Waals surface area contributed by atoms with Gasteiger partial charge < -0.3 is 10.3 Å². The number of nitrogens with one attached hydrogen (secondary N) is 1. The Morgan fingerprint density at radius 2 is 2.13 bits per heavy atom. The number of H-pyrrole nitrogens is 1. The van der Waals surface area contributed by atoms with Crippen LogP contribution < -0.4 is 5.32 Å². The van der Waals surface area contributed by atoms with Crippen molar-refractivity contribution in [2.45, 2.75) is 6.42 Å². The summed E-state index contributed by atoms with van der Waals surface area (Å²) in [4.78, 5) is 26.2. The van der Waals surface area contributed by atoms with Crippen LogP contribution in [0.1, 0.15) is 21.6 Å². The quantitative estimate of drug-likeness (QED) is 0.648. The predicted octanol–water partition coefficient (Wildman–Crippen LogP) is -0.0369. The van der Waals surface area contributed by atoms with Gasteiger partial charge in [0.15, 0.2) is 5.70 Å². The molecule has 0 aromatic carbocycles. The molecule has 2 aliphatic rings. The summed E-state index contributed by atoms with van der Waals surface area (Å²) in [5.74, 6) is -0.897. The van der Waals surface area contributed by atoms with Gasteiger partial charge >= 0.3 is 0 Å². The van der Waals surface area contributed by atoms with Crippen LogP contribution >= 0.6 is 15.9 Å². The van der Waals surface area contributed by atoms with Crippen LogP contribution in [0.15, 0.2) is 10.7 Å². The topological polar surface area (TPSA) is 66.5 Å². The van der Waals surface area contributed by atoms with Crippen molar-refractivity contribution in [1.29, 1.82) is 0 Å². The smallest absolute Gasteiger partial charge is 0.251 e. The maximum absolute atomic E-state index is 11.7. The number of allylic oxidation sites excluding steroid dienone is 1. The Morgan fingerprint density at radius 1 is 1.33 bits per heavy atom. The molecule has 3 rings (SSSR count). The lowest BCUT2D eigenvalue weighted by molar-refractivity contribution is -0.565. The summed E-state index contributed by atoms with van der Waals surface area (Å²) in [7, 11) is 0. The van der Waals surface area contributed by atoms with Crippen molar-refractivity contribution >= 4 is 33.2 Å². The molecule has 0 bridgehead atoms. The molecule has 4 nitrogen and oxygen atoms in total. The van der Waals surface area contributed by atoms with E-state index in [9.17, 15) is 9.59 Å². The van der Waals surface area contributed by atoms with Crippen LogP contribution in [0, 0.1) is 0 Å². The van der Waals surface area contributed by atoms with Gasteiger partial charge in [0.2, 0.25) is 5.78 Å². The Labute approximate surface area is 93.9 Å². The molecule has 1 aliphatic heterocycles. The number of Topliss-reactive ketones (excluding diaryl/α,β-unsaturated/α-hetero) is 2. The average molecular weight is 268 g/mol. The van der Waals surface area contributed by atoms with Crippen molar-refractivity contribution in [2.75, 3.05) is 6.54 Å². The summed E-state index contributed by atoms with van der Waals surface area (Å²) in [5.41, 5.74) is 3.36. The second kappa shape index (κ2) is 2.90. The Balaban J connectivity index is 2.37. The number of nitrogens with two attached hydrogens (primary N) is 1. The molecule has 1 aliphatic carbocycles. The highest BCUT2D eigenvalue weighted by atomic mass is 79.9. The Hall–Kier alpha value is -1.20. The standard InChI is InChI=1S/C10H7BrN2O2/c11-6-7-5-4(1-2-12-7)3-13-8(5)10(15)9(6)14/h3,12-13H,1-2H2/p+1.